The third-order valence-corrected chi connectivity index (χ3v) is 25.0. The van der Waals surface area contributed by atoms with Crippen LogP contribution in [0.5, 0.6) is 11.5 Å². The Morgan fingerprint density at radius 1 is 0.538 bits per heavy atom. The molecular weight excluding hydrogens is 1730 g/mol. The lowest BCUT2D eigenvalue weighted by Crippen LogP contribution is -2.63. The fourth-order valence-corrected chi connectivity index (χ4v) is 17.5. The molecule has 38 nitrogen and oxygen atoms in total. The number of fused-ring (bicyclic) bond motifs is 2. The van der Waals surface area contributed by atoms with Gasteiger partial charge >= 0.3 is 18.0 Å². The maximum Gasteiger partial charge on any atom is 0.312 e. The number of hydrogen-bond acceptors (Lipinski definition) is 21. The molecule has 1 saturated heterocycles. The summed E-state index contributed by atoms with van der Waals surface area (Å²) in [6.45, 7) is 4.36. The minimum atomic E-state index is -1.95. The summed E-state index contributed by atoms with van der Waals surface area (Å²) in [5.74, 6) is -18.7. The van der Waals surface area contributed by atoms with Gasteiger partial charge in [0.2, 0.25) is 76.8 Å². The first-order valence-electron chi connectivity index (χ1n) is 44.9. The molecule has 0 bridgehead atoms. The number of amides is 16. The zero-order valence-corrected chi connectivity index (χ0v) is 75.9. The highest BCUT2D eigenvalue weighted by molar-refractivity contribution is 8.02. The van der Waals surface area contributed by atoms with Gasteiger partial charge in [-0.3, -0.25) is 76.7 Å². The number of primary amides is 2. The highest BCUT2D eigenvalue weighted by atomic mass is 32.2. The number of carbonyl (C=O) groups is 17. The first kappa shape index (κ1) is 105. The van der Waals surface area contributed by atoms with Crippen molar-refractivity contribution in [2.24, 2.45) is 29.0 Å². The molecule has 0 spiro atoms. The van der Waals surface area contributed by atoms with Gasteiger partial charge in [0.15, 0.2) is 0 Å². The highest BCUT2D eigenvalue weighted by Gasteiger charge is 2.45. The normalized spacial score (nSPS) is 23.0. The van der Waals surface area contributed by atoms with Gasteiger partial charge in [-0.25, -0.2) is 9.18 Å². The Bertz CT molecular complexity index is 4740. The van der Waals surface area contributed by atoms with E-state index in [9.17, 15) is 53.6 Å². The largest absolute Gasteiger partial charge is 0.508 e. The van der Waals surface area contributed by atoms with Gasteiger partial charge in [-0.15, -0.1) is 11.8 Å². The van der Waals surface area contributed by atoms with E-state index in [1.165, 1.54) is 93.5 Å². The van der Waals surface area contributed by atoms with Gasteiger partial charge in [-0.1, -0.05) is 113 Å². The second kappa shape index (κ2) is 51.2. The van der Waals surface area contributed by atoms with Crippen molar-refractivity contribution in [1.82, 2.24) is 73.2 Å². The number of carboxylic acids is 2. The molecule has 16 amide bonds. The van der Waals surface area contributed by atoms with Gasteiger partial charge in [0, 0.05) is 64.7 Å². The van der Waals surface area contributed by atoms with E-state index in [1.54, 1.807) is 6.92 Å². The number of aliphatic carboxylic acids is 2. The zero-order chi connectivity index (χ0) is 96.5. The smallest absolute Gasteiger partial charge is 0.312 e. The molecular formula is C92H126FN17O21S. The van der Waals surface area contributed by atoms with Crippen molar-refractivity contribution >= 4 is 112 Å². The SMILES string of the molecule is CCCC[C@H]1C(=O)NC(C)(C)C(=O)N[C@@H](CC2Cc3ccccc3C2)C(=O)N[C@@H](Cc2ccc(F)cc2)C(=O)N2CCC[C@H]2C(=O)N[C@@H](Cc2ccc(O)cc2)C(=O)N[C@@H](Cc2ccc(O)cc2)C(=O)N[C@@H](CCCNC(N)=O)C(=O)N[C@H](CCCCN)C(=O)N[C@@H](CC2CCCCC2)C(=O)NC(C(=O)N[C@H](CCC(=O)O)C(N)=O)=CSCC(=O)N(C)[C@@H](CCC(=O)O)C(=O)N1C. The van der Waals surface area contributed by atoms with Crippen LogP contribution in [0.4, 0.5) is 9.18 Å². The second-order valence-corrected chi connectivity index (χ2v) is 35.6. The van der Waals surface area contributed by atoms with Crippen LogP contribution in [0.1, 0.15) is 183 Å². The molecule has 718 valence electrons. The molecule has 4 aromatic rings. The molecule has 8 rings (SSSR count). The topological polar surface area (TPSA) is 591 Å². The quantitative estimate of drug-likeness (QED) is 0.0333. The minimum Gasteiger partial charge on any atom is -0.508 e. The van der Waals surface area contributed by atoms with Crippen LogP contribution in [-0.4, -0.2) is 247 Å². The summed E-state index contributed by atoms with van der Waals surface area (Å²) < 4.78 is 14.7. The van der Waals surface area contributed by atoms with E-state index in [1.807, 2.05) is 24.3 Å². The molecule has 2 aliphatic heterocycles. The van der Waals surface area contributed by atoms with Gasteiger partial charge in [0.1, 0.15) is 95.0 Å². The molecule has 4 aliphatic rings. The molecule has 0 aromatic heterocycles. The van der Waals surface area contributed by atoms with Crippen molar-refractivity contribution in [3.05, 3.63) is 142 Å². The number of likely N-dealkylation sites (N-methyl/N-ethyl adjacent to an activating group) is 2. The van der Waals surface area contributed by atoms with Gasteiger partial charge in [0.05, 0.1) is 5.75 Å². The summed E-state index contributed by atoms with van der Waals surface area (Å²) in [7, 11) is 2.44. The predicted octanol–water partition coefficient (Wildman–Crippen LogP) is 2.15. The predicted molar refractivity (Wildman–Crippen MR) is 483 cm³/mol. The average Bonchev–Trinajstić information content (AvgIpc) is 1.46. The lowest BCUT2D eigenvalue weighted by molar-refractivity contribution is -0.149. The first-order valence-corrected chi connectivity index (χ1v) is 45.9. The number of halogens is 1. The lowest BCUT2D eigenvalue weighted by Gasteiger charge is -2.36. The summed E-state index contributed by atoms with van der Waals surface area (Å²) in [5.41, 5.74) is 17.4. The molecule has 21 N–H and O–H groups in total. The Labute approximate surface area is 769 Å². The molecule has 2 heterocycles. The number of rotatable bonds is 30. The first-order chi connectivity index (χ1) is 62.8. The number of carboxylic acid groups (broad SMARTS) is 2. The molecule has 40 heteroatoms. The maximum absolute atomic E-state index is 15.7. The number of nitrogens with one attached hydrogen (secondary N) is 11. The Kier molecular flexibility index (Phi) is 40.6. The van der Waals surface area contributed by atoms with E-state index >= 15 is 52.7 Å². The summed E-state index contributed by atoms with van der Waals surface area (Å²) in [5, 5.41) is 71.0. The summed E-state index contributed by atoms with van der Waals surface area (Å²) in [4.78, 5) is 250. The average molecular weight is 1860 g/mol. The number of hydrogen-bond donors (Lipinski definition) is 18. The van der Waals surface area contributed by atoms with Gasteiger partial charge in [0.25, 0.3) is 5.91 Å². The van der Waals surface area contributed by atoms with E-state index in [4.69, 9.17) is 17.2 Å². The summed E-state index contributed by atoms with van der Waals surface area (Å²) in [6.07, 6.45) is 1.54. The number of carbonyl (C=O) groups excluding carboxylic acids is 15. The molecule has 4 aromatic carbocycles. The number of urea groups is 1. The van der Waals surface area contributed by atoms with Gasteiger partial charge in [-0.05, 0) is 186 Å². The van der Waals surface area contributed by atoms with Crippen LogP contribution in [0.2, 0.25) is 0 Å². The molecule has 1 saturated carbocycles. The molecule has 11 atom stereocenters. The number of phenolic OH excluding ortho intramolecular Hbond substituents is 2. The number of nitrogens with zero attached hydrogens (tertiary/aromatic N) is 3. The fraction of sp³-hybridized carbons (Fsp3) is 0.533. The Morgan fingerprint density at radius 3 is 1.60 bits per heavy atom. The lowest BCUT2D eigenvalue weighted by atomic mass is 9.84. The Balaban J connectivity index is 1.26. The minimum absolute atomic E-state index is 0.00957. The number of unbranched alkanes of at least 4 members (excludes halogenated alkanes) is 2. The Hall–Kier alpha value is -12.7. The van der Waals surface area contributed by atoms with E-state index in [-0.39, 0.29) is 126 Å². The van der Waals surface area contributed by atoms with Crippen molar-refractivity contribution in [2.75, 3.05) is 39.5 Å². The number of aromatic hydroxyl groups is 2. The standard InChI is InChI=1S/C92H126FN17O21S/c1-6-7-23-72-87(127)107-92(2,3)90(130)106-69(50-57-44-58-19-11-12-20-59(58)45-57)84(124)104-70(49-54-25-31-60(93)32-26-54)88(128)110-43-16-24-73(110)86(126)103-68(48-56-29-35-62(112)36-30-56)82(122)102-67(47-55-27-33-61(111)34-28-55)81(121)100-65(22-15-42-97-91(96)131)79(119)99-64(21-13-14-41-94)80(120)101-66(46-53-17-9-8-10-18-53)83(123)105-71(85(125)98-63(78(95)118)37-39-76(114)115)51-132-52-75(113)108(4)74(38-40-77(116)117)89(129)109(72)5/h11-12,19-20,25-36,51,53,57,63-70,72-74,111-112H,6-10,13-18,21-24,37-50,52,94H2,1-5H3,(H2,95,118)(H,98,125)(H,99,119)(H,100,121)(H,101,120)(H,102,122)(H,103,126)(H,104,124)(H,105,123)(H,106,130)(H,107,127)(H,114,115)(H,116,117)(H3,96,97,131)/t63-,64-,65+,66+,67+,68+,69+,70+,72+,73+,74+/m1/s1. The van der Waals surface area contributed by atoms with Crippen molar-refractivity contribution in [1.29, 1.82) is 0 Å². The number of nitrogens with two attached hydrogens (primary N) is 3. The summed E-state index contributed by atoms with van der Waals surface area (Å²) in [6, 6.07) is 5.53. The molecule has 132 heavy (non-hydrogen) atoms. The summed E-state index contributed by atoms with van der Waals surface area (Å²) >= 11 is 0.556. The molecule has 0 radical (unpaired) electrons. The van der Waals surface area contributed by atoms with Gasteiger partial charge < -0.3 is 111 Å². The van der Waals surface area contributed by atoms with Crippen molar-refractivity contribution < 1.29 is 106 Å². The van der Waals surface area contributed by atoms with E-state index in [2.05, 4.69) is 58.5 Å². The zero-order valence-electron chi connectivity index (χ0n) is 75.1. The third kappa shape index (κ3) is 32.4. The van der Waals surface area contributed by atoms with E-state index in [0.717, 1.165) is 57.7 Å². The van der Waals surface area contributed by atoms with E-state index in [0.29, 0.717) is 67.0 Å². The van der Waals surface area contributed by atoms with Crippen LogP contribution < -0.4 is 75.7 Å². The van der Waals surface area contributed by atoms with Crippen LogP contribution in [-0.2, 0) is 109 Å². The number of benzene rings is 4. The van der Waals surface area contributed by atoms with E-state index < -0.39 is 216 Å². The van der Waals surface area contributed by atoms with Crippen LogP contribution in [0.25, 0.3) is 0 Å². The fourth-order valence-electron chi connectivity index (χ4n) is 16.7. The van der Waals surface area contributed by atoms with Crippen molar-refractivity contribution in [3.8, 4) is 11.5 Å². The van der Waals surface area contributed by atoms with Crippen LogP contribution in [0.3, 0.4) is 0 Å². The van der Waals surface area contributed by atoms with Crippen LogP contribution >= 0.6 is 11.8 Å². The molecule has 0 unspecified atom stereocenters. The van der Waals surface area contributed by atoms with Crippen molar-refractivity contribution in [2.45, 2.75) is 260 Å². The molecule has 2 fully saturated rings. The molecule has 2 aliphatic carbocycles. The number of thioether (sulfide) groups is 1. The maximum atomic E-state index is 15.7. The van der Waals surface area contributed by atoms with Crippen LogP contribution in [0, 0.1) is 17.7 Å². The van der Waals surface area contributed by atoms with Gasteiger partial charge in [-0.2, -0.15) is 0 Å². The highest BCUT2D eigenvalue weighted by Crippen LogP contribution is 2.32. The number of phenols is 2. The second-order valence-electron chi connectivity index (χ2n) is 34.8. The monoisotopic (exact) mass is 1860 g/mol. The van der Waals surface area contributed by atoms with Crippen LogP contribution in [0.15, 0.2) is 108 Å². The third-order valence-electron chi connectivity index (χ3n) is 24.2. The van der Waals surface area contributed by atoms with Crippen molar-refractivity contribution in [3.63, 3.8) is 0 Å². The Morgan fingerprint density at radius 2 is 1.05 bits per heavy atom.